The summed E-state index contributed by atoms with van der Waals surface area (Å²) >= 11 is 13.9. The highest BCUT2D eigenvalue weighted by Crippen LogP contribution is 2.49. The molecule has 96 valence electrons. The van der Waals surface area contributed by atoms with Crippen LogP contribution in [0.5, 0.6) is 0 Å². The van der Waals surface area contributed by atoms with Gasteiger partial charge in [0.25, 0.3) is 0 Å². The van der Waals surface area contributed by atoms with Crippen molar-refractivity contribution in [1.82, 2.24) is 0 Å². The molecule has 19 heavy (non-hydrogen) atoms. The number of aldehydes is 1. The van der Waals surface area contributed by atoms with E-state index in [1.54, 1.807) is 11.8 Å². The van der Waals surface area contributed by atoms with Crippen LogP contribution in [0.15, 0.2) is 52.3 Å². The van der Waals surface area contributed by atoms with E-state index < -0.39 is 5.50 Å². The number of benzene rings is 2. The highest BCUT2D eigenvalue weighted by molar-refractivity contribution is 7.99. The van der Waals surface area contributed by atoms with Crippen molar-refractivity contribution in [2.24, 2.45) is 0 Å². The Morgan fingerprint density at radius 2 is 1.84 bits per heavy atom. The number of carbonyl (C=O) groups is 1. The summed E-state index contributed by atoms with van der Waals surface area (Å²) in [6.45, 7) is 0. The molecule has 0 spiro atoms. The topological polar surface area (TPSA) is 20.3 Å². The summed E-state index contributed by atoms with van der Waals surface area (Å²) in [5.41, 5.74) is 1.04. The van der Waals surface area contributed by atoms with Crippen molar-refractivity contribution < 1.29 is 4.79 Å². The molecular weight excluding hydrogens is 301 g/mol. The predicted octanol–water partition coefficient (Wildman–Crippen LogP) is 4.71. The summed E-state index contributed by atoms with van der Waals surface area (Å²) in [7, 11) is 0. The molecule has 0 N–H and O–H groups in total. The number of hydrogen-bond acceptors (Lipinski definition) is 3. The van der Waals surface area contributed by atoms with Crippen LogP contribution in [-0.4, -0.2) is 11.8 Å². The molecule has 0 saturated heterocycles. The van der Waals surface area contributed by atoms with Crippen molar-refractivity contribution in [1.29, 1.82) is 0 Å². The number of rotatable bonds is 2. The van der Waals surface area contributed by atoms with Gasteiger partial charge >= 0.3 is 0 Å². The van der Waals surface area contributed by atoms with Gasteiger partial charge in [0.05, 0.1) is 11.4 Å². The Hall–Kier alpha value is -1.16. The monoisotopic (exact) mass is 309 g/mol. The molecule has 3 rings (SSSR count). The first kappa shape index (κ1) is 12.9. The molecule has 1 atom stereocenters. The van der Waals surface area contributed by atoms with Gasteiger partial charge in [-0.25, -0.2) is 0 Å². The van der Waals surface area contributed by atoms with Crippen molar-refractivity contribution in [3.63, 3.8) is 0 Å². The zero-order chi connectivity index (χ0) is 13.4. The quantitative estimate of drug-likeness (QED) is 0.455. The Morgan fingerprint density at radius 3 is 2.63 bits per heavy atom. The van der Waals surface area contributed by atoms with E-state index in [1.807, 2.05) is 47.4 Å². The minimum Gasteiger partial charge on any atom is -0.316 e. The van der Waals surface area contributed by atoms with Gasteiger partial charge in [-0.1, -0.05) is 47.1 Å². The zero-order valence-corrected chi connectivity index (χ0v) is 12.0. The lowest BCUT2D eigenvalue weighted by Crippen LogP contribution is -2.29. The number of nitrogens with zero attached hydrogens (tertiary/aromatic N) is 1. The first-order valence-corrected chi connectivity index (χ1v) is 7.29. The fourth-order valence-corrected chi connectivity index (χ4v) is 3.51. The highest BCUT2D eigenvalue weighted by Gasteiger charge is 2.27. The lowest BCUT2D eigenvalue weighted by atomic mass is 10.2. The van der Waals surface area contributed by atoms with E-state index in [0.29, 0.717) is 5.02 Å². The lowest BCUT2D eigenvalue weighted by molar-refractivity contribution is -0.107. The average Bonchev–Trinajstić information content (AvgIpc) is 2.44. The Bertz CT molecular complexity index is 647. The van der Waals surface area contributed by atoms with Gasteiger partial charge in [0.1, 0.15) is 0 Å². The second-order valence-corrected chi connectivity index (χ2v) is 6.03. The standard InChI is InChI=1S/C14H9Cl2NOS/c15-9-5-6-13-11(7-9)17(14(16)8-18)10-3-1-2-4-12(10)19-13/h1-8,14H. The molecule has 2 nitrogen and oxygen atoms in total. The lowest BCUT2D eigenvalue weighted by Gasteiger charge is -2.33. The maximum absolute atomic E-state index is 11.1. The molecule has 1 aliphatic heterocycles. The van der Waals surface area contributed by atoms with Gasteiger partial charge in [-0.3, -0.25) is 4.79 Å². The predicted molar refractivity (Wildman–Crippen MR) is 79.9 cm³/mol. The third-order valence-corrected chi connectivity index (χ3v) is 4.55. The molecular formula is C14H9Cl2NOS. The SMILES string of the molecule is O=CC(Cl)N1c2ccccc2Sc2ccc(Cl)cc21. The molecule has 0 bridgehead atoms. The number of anilines is 2. The van der Waals surface area contributed by atoms with Crippen LogP contribution in [0.2, 0.25) is 5.02 Å². The van der Waals surface area contributed by atoms with Crippen LogP contribution in [0.1, 0.15) is 0 Å². The van der Waals surface area contributed by atoms with Crippen LogP contribution < -0.4 is 4.90 Å². The number of alkyl halides is 1. The summed E-state index contributed by atoms with van der Waals surface area (Å²) in [6, 6.07) is 13.5. The minimum absolute atomic E-state index is 0.624. The summed E-state index contributed by atoms with van der Waals surface area (Å²) in [6.07, 6.45) is 0.721. The van der Waals surface area contributed by atoms with E-state index in [9.17, 15) is 4.79 Å². The summed E-state index contributed by atoms with van der Waals surface area (Å²) < 4.78 is 0. The molecule has 0 amide bonds. The van der Waals surface area contributed by atoms with Gasteiger partial charge in [0.2, 0.25) is 0 Å². The van der Waals surface area contributed by atoms with Crippen LogP contribution in [-0.2, 0) is 4.79 Å². The molecule has 5 heteroatoms. The number of halogens is 2. The molecule has 0 fully saturated rings. The summed E-state index contributed by atoms with van der Waals surface area (Å²) in [5, 5.41) is 0.624. The molecule has 0 aromatic heterocycles. The smallest absolute Gasteiger partial charge is 0.164 e. The van der Waals surface area contributed by atoms with Gasteiger partial charge in [-0.05, 0) is 30.3 Å². The molecule has 0 saturated carbocycles. The van der Waals surface area contributed by atoms with Crippen LogP contribution in [0, 0.1) is 0 Å². The third-order valence-electron chi connectivity index (χ3n) is 2.88. The Kier molecular flexibility index (Phi) is 3.44. The maximum Gasteiger partial charge on any atom is 0.164 e. The van der Waals surface area contributed by atoms with Gasteiger partial charge in [0, 0.05) is 14.8 Å². The third kappa shape index (κ3) is 2.22. The maximum atomic E-state index is 11.1. The average molecular weight is 310 g/mol. The van der Waals surface area contributed by atoms with Crippen molar-refractivity contribution in [2.45, 2.75) is 15.3 Å². The van der Waals surface area contributed by atoms with Gasteiger partial charge in [-0.2, -0.15) is 0 Å². The summed E-state index contributed by atoms with van der Waals surface area (Å²) in [5.74, 6) is 0. The van der Waals surface area contributed by atoms with Gasteiger partial charge < -0.3 is 4.90 Å². The second-order valence-electron chi connectivity index (χ2n) is 4.06. The van der Waals surface area contributed by atoms with E-state index in [2.05, 4.69) is 0 Å². The van der Waals surface area contributed by atoms with Crippen LogP contribution in [0.25, 0.3) is 0 Å². The Morgan fingerprint density at radius 1 is 1.11 bits per heavy atom. The Balaban J connectivity index is 2.21. The van der Waals surface area contributed by atoms with E-state index in [4.69, 9.17) is 23.2 Å². The van der Waals surface area contributed by atoms with Crippen molar-refractivity contribution in [3.8, 4) is 0 Å². The fraction of sp³-hybridized carbons (Fsp3) is 0.0714. The fourth-order valence-electron chi connectivity index (χ4n) is 2.08. The Labute approximate surface area is 125 Å². The van der Waals surface area contributed by atoms with Crippen LogP contribution >= 0.6 is 35.0 Å². The summed E-state index contributed by atoms with van der Waals surface area (Å²) in [4.78, 5) is 15.0. The number of carbonyl (C=O) groups excluding carboxylic acids is 1. The first-order chi connectivity index (χ1) is 9.20. The second kappa shape index (κ2) is 5.08. The van der Waals surface area contributed by atoms with Crippen LogP contribution in [0.3, 0.4) is 0 Å². The van der Waals surface area contributed by atoms with Gasteiger partial charge in [0.15, 0.2) is 11.8 Å². The normalized spacial score (nSPS) is 14.5. The minimum atomic E-state index is -0.751. The molecule has 1 unspecified atom stereocenters. The molecule has 2 aromatic rings. The molecule has 2 aromatic carbocycles. The first-order valence-electron chi connectivity index (χ1n) is 5.66. The van der Waals surface area contributed by atoms with Gasteiger partial charge in [-0.15, -0.1) is 0 Å². The number of fused-ring (bicyclic) bond motifs is 2. The van der Waals surface area contributed by atoms with Crippen LogP contribution in [0.4, 0.5) is 11.4 Å². The molecule has 0 radical (unpaired) electrons. The molecule has 0 aliphatic carbocycles. The van der Waals surface area contributed by atoms with E-state index in [0.717, 1.165) is 27.5 Å². The van der Waals surface area contributed by atoms with E-state index in [1.165, 1.54) is 0 Å². The van der Waals surface area contributed by atoms with Crippen molar-refractivity contribution in [3.05, 3.63) is 47.5 Å². The molecule has 1 aliphatic rings. The van der Waals surface area contributed by atoms with E-state index in [-0.39, 0.29) is 0 Å². The van der Waals surface area contributed by atoms with E-state index >= 15 is 0 Å². The largest absolute Gasteiger partial charge is 0.316 e. The number of hydrogen-bond donors (Lipinski definition) is 0. The van der Waals surface area contributed by atoms with Crippen molar-refractivity contribution >= 4 is 52.6 Å². The zero-order valence-electron chi connectivity index (χ0n) is 9.72. The van der Waals surface area contributed by atoms with Crippen molar-refractivity contribution in [2.75, 3.05) is 4.90 Å². The molecule has 1 heterocycles. The number of para-hydroxylation sites is 1. The highest BCUT2D eigenvalue weighted by atomic mass is 35.5.